The average Bonchev–Trinajstić information content (AvgIpc) is 2.12. The normalized spacial score (nSPS) is 11.8. The zero-order valence-electron chi connectivity index (χ0n) is 8.54. The summed E-state index contributed by atoms with van der Waals surface area (Å²) >= 11 is 0. The molecule has 1 aromatic heterocycles. The molecule has 1 rings (SSSR count). The van der Waals surface area contributed by atoms with E-state index in [0.717, 1.165) is 11.4 Å². The Kier molecular flexibility index (Phi) is 3.35. The van der Waals surface area contributed by atoms with E-state index in [-0.39, 0.29) is 6.04 Å². The third-order valence-corrected chi connectivity index (χ3v) is 1.97. The van der Waals surface area contributed by atoms with E-state index in [0.29, 0.717) is 12.1 Å². The van der Waals surface area contributed by atoms with Crippen molar-refractivity contribution >= 4 is 11.5 Å². The van der Waals surface area contributed by atoms with Crippen LogP contribution in [-0.2, 0) is 0 Å². The summed E-state index contributed by atoms with van der Waals surface area (Å²) in [4.78, 5) is 4.16. The minimum atomic E-state index is 0.232. The first-order chi connectivity index (χ1) is 6.63. The van der Waals surface area contributed by atoms with Crippen molar-refractivity contribution in [3.8, 4) is 12.3 Å². The molecule has 14 heavy (non-hydrogen) atoms. The summed E-state index contributed by atoms with van der Waals surface area (Å²) in [5.74, 6) is 3.42. The predicted molar refractivity (Wildman–Crippen MR) is 59.9 cm³/mol. The van der Waals surface area contributed by atoms with Crippen LogP contribution in [-0.4, -0.2) is 11.0 Å². The van der Waals surface area contributed by atoms with E-state index >= 15 is 0 Å². The lowest BCUT2D eigenvalue weighted by Gasteiger charge is -2.12. The van der Waals surface area contributed by atoms with Crippen molar-refractivity contribution in [2.75, 3.05) is 11.1 Å². The van der Waals surface area contributed by atoms with Gasteiger partial charge in [0.15, 0.2) is 0 Å². The van der Waals surface area contributed by atoms with Gasteiger partial charge in [-0.2, -0.15) is 0 Å². The van der Waals surface area contributed by atoms with Crippen molar-refractivity contribution in [3.63, 3.8) is 0 Å². The molecule has 1 heterocycles. The molecule has 0 saturated heterocycles. The number of aromatic nitrogens is 1. The second kappa shape index (κ2) is 4.52. The van der Waals surface area contributed by atoms with Crippen molar-refractivity contribution < 1.29 is 0 Å². The van der Waals surface area contributed by atoms with Gasteiger partial charge in [0, 0.05) is 12.5 Å². The van der Waals surface area contributed by atoms with E-state index in [4.69, 9.17) is 12.2 Å². The largest absolute Gasteiger partial charge is 0.397 e. The molecule has 0 aliphatic heterocycles. The van der Waals surface area contributed by atoms with Gasteiger partial charge >= 0.3 is 0 Å². The van der Waals surface area contributed by atoms with Gasteiger partial charge in [-0.1, -0.05) is 0 Å². The van der Waals surface area contributed by atoms with Crippen LogP contribution < -0.4 is 11.1 Å². The van der Waals surface area contributed by atoms with Crippen LogP contribution in [0, 0.1) is 19.3 Å². The Bertz CT molecular complexity index is 352. The fraction of sp³-hybridized carbons (Fsp3) is 0.364. The maximum Gasteiger partial charge on any atom is 0.126 e. The van der Waals surface area contributed by atoms with Crippen LogP contribution in [0.5, 0.6) is 0 Å². The van der Waals surface area contributed by atoms with Gasteiger partial charge in [-0.05, 0) is 25.5 Å². The van der Waals surface area contributed by atoms with Gasteiger partial charge in [0.05, 0.1) is 11.9 Å². The van der Waals surface area contributed by atoms with Crippen LogP contribution in [0.15, 0.2) is 12.3 Å². The number of rotatable bonds is 3. The first kappa shape index (κ1) is 10.4. The summed E-state index contributed by atoms with van der Waals surface area (Å²) < 4.78 is 0. The monoisotopic (exact) mass is 189 g/mol. The quantitative estimate of drug-likeness (QED) is 0.713. The zero-order chi connectivity index (χ0) is 10.6. The predicted octanol–water partition coefficient (Wildman–Crippen LogP) is 1.80. The van der Waals surface area contributed by atoms with Gasteiger partial charge in [0.2, 0.25) is 0 Å². The lowest BCUT2D eigenvalue weighted by atomic mass is 10.2. The SMILES string of the molecule is C#CCC(C)Nc1cc(C)c(N)cn1. The van der Waals surface area contributed by atoms with Crippen LogP contribution in [0.4, 0.5) is 11.5 Å². The molecule has 1 aromatic rings. The maximum atomic E-state index is 5.66. The van der Waals surface area contributed by atoms with Gasteiger partial charge in [-0.25, -0.2) is 4.98 Å². The Balaban J connectivity index is 2.69. The number of nitrogens with zero attached hydrogens (tertiary/aromatic N) is 1. The van der Waals surface area contributed by atoms with Crippen molar-refractivity contribution in [2.45, 2.75) is 26.3 Å². The first-order valence-electron chi connectivity index (χ1n) is 4.55. The van der Waals surface area contributed by atoms with Crippen molar-refractivity contribution in [2.24, 2.45) is 0 Å². The highest BCUT2D eigenvalue weighted by Gasteiger charge is 2.02. The molecule has 0 fully saturated rings. The Morgan fingerprint density at radius 3 is 3.00 bits per heavy atom. The second-order valence-electron chi connectivity index (χ2n) is 3.38. The highest BCUT2D eigenvalue weighted by molar-refractivity contribution is 5.51. The maximum absolute atomic E-state index is 5.66. The molecule has 3 nitrogen and oxygen atoms in total. The summed E-state index contributed by atoms with van der Waals surface area (Å²) in [6.45, 7) is 3.97. The van der Waals surface area contributed by atoms with Gasteiger partial charge in [0.25, 0.3) is 0 Å². The van der Waals surface area contributed by atoms with E-state index in [9.17, 15) is 0 Å². The Hall–Kier alpha value is -1.69. The number of nitrogens with one attached hydrogen (secondary N) is 1. The third-order valence-electron chi connectivity index (χ3n) is 1.97. The molecule has 74 valence electrons. The summed E-state index contributed by atoms with van der Waals surface area (Å²) in [5.41, 5.74) is 7.39. The summed E-state index contributed by atoms with van der Waals surface area (Å²) in [6, 6.07) is 2.15. The Morgan fingerprint density at radius 2 is 2.43 bits per heavy atom. The minimum absolute atomic E-state index is 0.232. The van der Waals surface area contributed by atoms with Crippen molar-refractivity contribution in [1.82, 2.24) is 4.98 Å². The van der Waals surface area contributed by atoms with Crippen LogP contribution in [0.3, 0.4) is 0 Å². The lowest BCUT2D eigenvalue weighted by molar-refractivity contribution is 0.821. The van der Waals surface area contributed by atoms with Crippen LogP contribution >= 0.6 is 0 Å². The number of nitrogen functional groups attached to an aromatic ring is 1. The number of pyridine rings is 1. The molecule has 1 unspecified atom stereocenters. The van der Waals surface area contributed by atoms with Gasteiger partial charge in [0.1, 0.15) is 5.82 Å². The van der Waals surface area contributed by atoms with Crippen molar-refractivity contribution in [3.05, 3.63) is 17.8 Å². The summed E-state index contributed by atoms with van der Waals surface area (Å²) in [6.07, 6.45) is 7.55. The van der Waals surface area contributed by atoms with E-state index in [1.165, 1.54) is 0 Å². The molecule has 0 aliphatic rings. The number of terminal acetylenes is 1. The molecule has 0 radical (unpaired) electrons. The fourth-order valence-corrected chi connectivity index (χ4v) is 1.13. The lowest BCUT2D eigenvalue weighted by Crippen LogP contribution is -2.15. The molecular formula is C11H15N3. The van der Waals surface area contributed by atoms with Gasteiger partial charge in [-0.15, -0.1) is 12.3 Å². The van der Waals surface area contributed by atoms with E-state index < -0.39 is 0 Å². The van der Waals surface area contributed by atoms with E-state index in [1.54, 1.807) is 6.20 Å². The molecule has 3 heteroatoms. The molecular weight excluding hydrogens is 174 g/mol. The highest BCUT2D eigenvalue weighted by atomic mass is 15.0. The molecule has 3 N–H and O–H groups in total. The zero-order valence-corrected chi connectivity index (χ0v) is 8.54. The van der Waals surface area contributed by atoms with Gasteiger partial charge < -0.3 is 11.1 Å². The molecule has 0 spiro atoms. The fourth-order valence-electron chi connectivity index (χ4n) is 1.13. The third kappa shape index (κ3) is 2.67. The van der Waals surface area contributed by atoms with E-state index in [1.807, 2.05) is 19.9 Å². The van der Waals surface area contributed by atoms with Crippen molar-refractivity contribution in [1.29, 1.82) is 0 Å². The molecule has 1 atom stereocenters. The van der Waals surface area contributed by atoms with Gasteiger partial charge in [-0.3, -0.25) is 0 Å². The minimum Gasteiger partial charge on any atom is -0.397 e. The number of hydrogen-bond donors (Lipinski definition) is 2. The molecule has 0 bridgehead atoms. The number of aryl methyl sites for hydroxylation is 1. The topological polar surface area (TPSA) is 50.9 Å². The first-order valence-corrected chi connectivity index (χ1v) is 4.55. The van der Waals surface area contributed by atoms with Crippen LogP contribution in [0.1, 0.15) is 18.9 Å². The van der Waals surface area contributed by atoms with Crippen LogP contribution in [0.25, 0.3) is 0 Å². The van der Waals surface area contributed by atoms with Crippen LogP contribution in [0.2, 0.25) is 0 Å². The Morgan fingerprint density at radius 1 is 1.71 bits per heavy atom. The summed E-state index contributed by atoms with van der Waals surface area (Å²) in [7, 11) is 0. The molecule has 0 aromatic carbocycles. The van der Waals surface area contributed by atoms with E-state index in [2.05, 4.69) is 16.2 Å². The second-order valence-corrected chi connectivity index (χ2v) is 3.38. The Labute approximate surface area is 84.7 Å². The number of hydrogen-bond acceptors (Lipinski definition) is 3. The number of nitrogens with two attached hydrogens (primary N) is 1. The number of anilines is 2. The standard InChI is InChI=1S/C11H15N3/c1-4-5-9(3)14-11-6-8(2)10(12)7-13-11/h1,6-7,9H,5,12H2,2-3H3,(H,13,14). The molecule has 0 saturated carbocycles. The highest BCUT2D eigenvalue weighted by Crippen LogP contribution is 2.14. The smallest absolute Gasteiger partial charge is 0.126 e. The average molecular weight is 189 g/mol. The molecule has 0 amide bonds. The molecule has 0 aliphatic carbocycles. The summed E-state index contributed by atoms with van der Waals surface area (Å²) in [5, 5.41) is 3.20.